The number of carbonyl (C=O) groups excluding carboxylic acids is 1. The summed E-state index contributed by atoms with van der Waals surface area (Å²) >= 11 is 1.51. The fourth-order valence-corrected chi connectivity index (χ4v) is 5.19. The number of aryl methyl sites for hydroxylation is 1. The van der Waals surface area contributed by atoms with E-state index >= 15 is 0 Å². The molecule has 0 saturated carbocycles. The van der Waals surface area contributed by atoms with Gasteiger partial charge < -0.3 is 14.8 Å². The first-order chi connectivity index (χ1) is 16.3. The summed E-state index contributed by atoms with van der Waals surface area (Å²) in [6.45, 7) is 3.60. The van der Waals surface area contributed by atoms with E-state index in [2.05, 4.69) is 5.32 Å². The average Bonchev–Trinajstić information content (AvgIpc) is 2.83. The van der Waals surface area contributed by atoms with Crippen LogP contribution in [0.5, 0.6) is 11.5 Å². The lowest BCUT2D eigenvalue weighted by Crippen LogP contribution is -2.38. The SMILES string of the molecule is CCOc1ccccc1N(CC(=O)Nc1cc(C)ccc1OC)S(=O)(=O)c1ccc(SC)cc1. The van der Waals surface area contributed by atoms with E-state index < -0.39 is 22.5 Å². The molecule has 0 aliphatic rings. The third kappa shape index (κ3) is 5.84. The highest BCUT2D eigenvalue weighted by Gasteiger charge is 2.29. The van der Waals surface area contributed by atoms with Gasteiger partial charge in [0.1, 0.15) is 18.0 Å². The molecule has 0 saturated heterocycles. The van der Waals surface area contributed by atoms with E-state index in [1.165, 1.54) is 18.9 Å². The maximum atomic E-state index is 13.7. The normalized spacial score (nSPS) is 11.1. The summed E-state index contributed by atoms with van der Waals surface area (Å²) in [5, 5.41) is 2.78. The Morgan fingerprint density at radius 3 is 2.38 bits per heavy atom. The van der Waals surface area contributed by atoms with Crippen LogP contribution in [0.4, 0.5) is 11.4 Å². The molecule has 3 aromatic rings. The predicted octanol–water partition coefficient (Wildman–Crippen LogP) is 4.96. The number of amides is 1. The highest BCUT2D eigenvalue weighted by molar-refractivity contribution is 7.98. The van der Waals surface area contributed by atoms with Crippen molar-refractivity contribution in [1.82, 2.24) is 0 Å². The van der Waals surface area contributed by atoms with E-state index in [9.17, 15) is 13.2 Å². The number of benzene rings is 3. The molecule has 0 heterocycles. The third-order valence-electron chi connectivity index (χ3n) is 5.00. The highest BCUT2D eigenvalue weighted by atomic mass is 32.2. The van der Waals surface area contributed by atoms with Crippen LogP contribution in [-0.2, 0) is 14.8 Å². The van der Waals surface area contributed by atoms with Gasteiger partial charge in [0.25, 0.3) is 10.0 Å². The second-order valence-corrected chi connectivity index (χ2v) is 10.1. The fourth-order valence-electron chi connectivity index (χ4n) is 3.35. The molecule has 180 valence electrons. The number of sulfonamides is 1. The Labute approximate surface area is 205 Å². The van der Waals surface area contributed by atoms with E-state index in [0.29, 0.717) is 23.8 Å². The molecule has 7 nitrogen and oxygen atoms in total. The lowest BCUT2D eigenvalue weighted by atomic mass is 10.2. The van der Waals surface area contributed by atoms with E-state index in [-0.39, 0.29) is 10.6 Å². The summed E-state index contributed by atoms with van der Waals surface area (Å²) in [5.74, 6) is 0.338. The molecule has 34 heavy (non-hydrogen) atoms. The van der Waals surface area contributed by atoms with Gasteiger partial charge in [0.2, 0.25) is 5.91 Å². The first-order valence-electron chi connectivity index (χ1n) is 10.6. The second kappa shape index (κ2) is 11.3. The quantitative estimate of drug-likeness (QED) is 0.396. The van der Waals surface area contributed by atoms with Crippen molar-refractivity contribution in [2.75, 3.05) is 36.1 Å². The van der Waals surface area contributed by atoms with Crippen LogP contribution in [0.1, 0.15) is 12.5 Å². The van der Waals surface area contributed by atoms with Crippen molar-refractivity contribution in [3.05, 3.63) is 72.3 Å². The Hall–Kier alpha value is -3.17. The second-order valence-electron chi connectivity index (χ2n) is 7.34. The number of carbonyl (C=O) groups is 1. The zero-order valence-electron chi connectivity index (χ0n) is 19.6. The van der Waals surface area contributed by atoms with Gasteiger partial charge in [-0.25, -0.2) is 8.42 Å². The van der Waals surface area contributed by atoms with Crippen LogP contribution in [0.2, 0.25) is 0 Å². The molecule has 0 aromatic heterocycles. The van der Waals surface area contributed by atoms with E-state index in [1.54, 1.807) is 60.7 Å². The summed E-state index contributed by atoms with van der Waals surface area (Å²) < 4.78 is 39.5. The van der Waals surface area contributed by atoms with Gasteiger partial charge in [-0.05, 0) is 74.2 Å². The zero-order chi connectivity index (χ0) is 24.7. The minimum atomic E-state index is -4.08. The van der Waals surface area contributed by atoms with Gasteiger partial charge in [-0.2, -0.15) is 0 Å². The van der Waals surface area contributed by atoms with Crippen molar-refractivity contribution in [3.8, 4) is 11.5 Å². The van der Waals surface area contributed by atoms with E-state index in [0.717, 1.165) is 14.8 Å². The smallest absolute Gasteiger partial charge is 0.264 e. The summed E-state index contributed by atoms with van der Waals surface area (Å²) in [4.78, 5) is 14.1. The summed E-state index contributed by atoms with van der Waals surface area (Å²) in [7, 11) is -2.57. The number of hydrogen-bond acceptors (Lipinski definition) is 6. The van der Waals surface area contributed by atoms with Gasteiger partial charge in [-0.1, -0.05) is 18.2 Å². The molecular weight excluding hydrogens is 472 g/mol. The number of thioether (sulfide) groups is 1. The van der Waals surface area contributed by atoms with Gasteiger partial charge in [-0.3, -0.25) is 9.10 Å². The van der Waals surface area contributed by atoms with Crippen molar-refractivity contribution < 1.29 is 22.7 Å². The molecule has 1 amide bonds. The number of anilines is 2. The van der Waals surface area contributed by atoms with Crippen LogP contribution >= 0.6 is 11.8 Å². The minimum Gasteiger partial charge on any atom is -0.495 e. The summed E-state index contributed by atoms with van der Waals surface area (Å²) in [6.07, 6.45) is 1.91. The number of nitrogens with one attached hydrogen (secondary N) is 1. The largest absolute Gasteiger partial charge is 0.495 e. The van der Waals surface area contributed by atoms with Crippen molar-refractivity contribution in [2.24, 2.45) is 0 Å². The molecule has 1 N–H and O–H groups in total. The lowest BCUT2D eigenvalue weighted by molar-refractivity contribution is -0.114. The highest BCUT2D eigenvalue weighted by Crippen LogP contribution is 2.33. The number of hydrogen-bond donors (Lipinski definition) is 1. The van der Waals surface area contributed by atoms with Gasteiger partial charge in [0.15, 0.2) is 0 Å². The van der Waals surface area contributed by atoms with Crippen LogP contribution in [0.15, 0.2) is 76.5 Å². The number of rotatable bonds is 10. The fraction of sp³-hybridized carbons (Fsp3) is 0.240. The van der Waals surface area contributed by atoms with E-state index in [1.807, 2.05) is 26.2 Å². The maximum absolute atomic E-state index is 13.7. The van der Waals surface area contributed by atoms with Crippen molar-refractivity contribution in [2.45, 2.75) is 23.6 Å². The molecule has 0 aliphatic carbocycles. The number of ether oxygens (including phenoxy) is 2. The molecule has 0 aliphatic heterocycles. The molecular formula is C25H28N2O5S2. The van der Waals surface area contributed by atoms with Gasteiger partial charge in [0.05, 0.1) is 30.0 Å². The molecule has 3 rings (SSSR count). The molecule has 0 bridgehead atoms. The first-order valence-corrected chi connectivity index (χ1v) is 13.3. The zero-order valence-corrected chi connectivity index (χ0v) is 21.2. The average molecular weight is 501 g/mol. The van der Waals surface area contributed by atoms with Gasteiger partial charge in [-0.15, -0.1) is 11.8 Å². The topological polar surface area (TPSA) is 84.9 Å². The predicted molar refractivity (Wildman–Crippen MR) is 137 cm³/mol. The summed E-state index contributed by atoms with van der Waals surface area (Å²) in [5.41, 5.74) is 1.67. The minimum absolute atomic E-state index is 0.0811. The molecule has 0 radical (unpaired) electrons. The number of nitrogens with zero attached hydrogens (tertiary/aromatic N) is 1. The molecule has 0 spiro atoms. The molecule has 9 heteroatoms. The first kappa shape index (κ1) is 25.5. The monoisotopic (exact) mass is 500 g/mol. The van der Waals surface area contributed by atoms with E-state index in [4.69, 9.17) is 9.47 Å². The van der Waals surface area contributed by atoms with Crippen LogP contribution in [-0.4, -0.2) is 40.8 Å². The Morgan fingerprint density at radius 1 is 1.03 bits per heavy atom. The Balaban J connectivity index is 2.02. The summed E-state index contributed by atoms with van der Waals surface area (Å²) in [6, 6.07) is 18.7. The standard InChI is InChI=1S/C25H28N2O5S2/c1-5-32-24-9-7-6-8-22(24)27(34(29,30)20-13-11-19(33-4)12-14-20)17-25(28)26-21-16-18(2)10-15-23(21)31-3/h6-16H,5,17H2,1-4H3,(H,26,28). The van der Waals surface area contributed by atoms with Crippen molar-refractivity contribution in [1.29, 1.82) is 0 Å². The molecule has 0 atom stereocenters. The van der Waals surface area contributed by atoms with Crippen molar-refractivity contribution in [3.63, 3.8) is 0 Å². The molecule has 0 unspecified atom stereocenters. The van der Waals surface area contributed by atoms with Gasteiger partial charge in [0, 0.05) is 4.90 Å². The van der Waals surface area contributed by atoms with Crippen LogP contribution in [0.3, 0.4) is 0 Å². The molecule has 0 fully saturated rings. The Kier molecular flexibility index (Phi) is 8.46. The molecule has 3 aromatic carbocycles. The number of methoxy groups -OCH3 is 1. The Bertz CT molecular complexity index is 1240. The maximum Gasteiger partial charge on any atom is 0.264 e. The van der Waals surface area contributed by atoms with Crippen LogP contribution in [0.25, 0.3) is 0 Å². The number of para-hydroxylation sites is 2. The van der Waals surface area contributed by atoms with Crippen LogP contribution in [0, 0.1) is 6.92 Å². The van der Waals surface area contributed by atoms with Crippen LogP contribution < -0.4 is 19.1 Å². The van der Waals surface area contributed by atoms with Gasteiger partial charge >= 0.3 is 0 Å². The third-order valence-corrected chi connectivity index (χ3v) is 7.52. The lowest BCUT2D eigenvalue weighted by Gasteiger charge is -2.26. The Morgan fingerprint density at radius 2 is 1.74 bits per heavy atom. The van der Waals surface area contributed by atoms with Crippen molar-refractivity contribution >= 4 is 39.1 Å².